The normalized spacial score (nSPS) is 14.0. The first-order valence-electron chi connectivity index (χ1n) is 7.96. The summed E-state index contributed by atoms with van der Waals surface area (Å²) in [5, 5.41) is 2.87. The molecule has 1 aromatic carbocycles. The van der Waals surface area contributed by atoms with E-state index in [1.165, 1.54) is 23.6 Å². The molecule has 2 rings (SSSR count). The van der Waals surface area contributed by atoms with E-state index in [9.17, 15) is 35.9 Å². The van der Waals surface area contributed by atoms with Gasteiger partial charge in [0.05, 0.1) is 18.4 Å². The number of esters is 1. The lowest BCUT2D eigenvalue weighted by atomic mass is 10.1. The molecule has 0 spiro atoms. The van der Waals surface area contributed by atoms with Crippen LogP contribution in [-0.4, -0.2) is 30.3 Å². The molecule has 6 nitrogen and oxygen atoms in total. The molecule has 1 unspecified atom stereocenters. The highest BCUT2D eigenvalue weighted by atomic mass is 19.4. The number of furan rings is 1. The molecule has 0 radical (unpaired) electrons. The van der Waals surface area contributed by atoms with Crippen molar-refractivity contribution < 1.29 is 45.1 Å². The summed E-state index contributed by atoms with van der Waals surface area (Å²) in [7, 11) is 0. The maximum atomic E-state index is 14.0. The van der Waals surface area contributed by atoms with Crippen LogP contribution in [0.4, 0.5) is 32.0 Å². The Morgan fingerprint density at radius 1 is 1.03 bits per heavy atom. The minimum absolute atomic E-state index is 0.517. The van der Waals surface area contributed by atoms with Crippen LogP contribution in [0.2, 0.25) is 0 Å². The van der Waals surface area contributed by atoms with E-state index in [2.05, 4.69) is 9.15 Å². The Labute approximate surface area is 159 Å². The third kappa shape index (κ3) is 4.63. The SMILES string of the molecule is CCOC(=O)C(NC(=O)c1ccco1)(Nc1ccccc1C(F)(F)F)C(F)(F)F. The second-order valence-electron chi connectivity index (χ2n) is 5.57. The van der Waals surface area contributed by atoms with Gasteiger partial charge in [0, 0.05) is 5.69 Å². The van der Waals surface area contributed by atoms with Gasteiger partial charge in [-0.05, 0) is 31.2 Å². The second-order valence-corrected chi connectivity index (χ2v) is 5.57. The molecule has 1 heterocycles. The van der Waals surface area contributed by atoms with Gasteiger partial charge in [-0.1, -0.05) is 12.1 Å². The predicted octanol–water partition coefficient (Wildman–Crippen LogP) is 3.96. The molecule has 29 heavy (non-hydrogen) atoms. The number of halogens is 6. The minimum Gasteiger partial charge on any atom is -0.463 e. The van der Waals surface area contributed by atoms with Gasteiger partial charge >= 0.3 is 24.0 Å². The minimum atomic E-state index is -5.60. The first-order chi connectivity index (χ1) is 13.4. The molecule has 1 aromatic heterocycles. The van der Waals surface area contributed by atoms with E-state index in [1.54, 1.807) is 0 Å². The van der Waals surface area contributed by atoms with Gasteiger partial charge < -0.3 is 19.8 Å². The van der Waals surface area contributed by atoms with Crippen LogP contribution in [0.5, 0.6) is 0 Å². The van der Waals surface area contributed by atoms with Crippen molar-refractivity contribution in [1.82, 2.24) is 5.32 Å². The number of ether oxygens (including phenoxy) is 1. The first-order valence-corrected chi connectivity index (χ1v) is 7.96. The van der Waals surface area contributed by atoms with Gasteiger partial charge in [0.1, 0.15) is 0 Å². The van der Waals surface area contributed by atoms with E-state index in [4.69, 9.17) is 0 Å². The lowest BCUT2D eigenvalue weighted by Crippen LogP contribution is -2.69. The Balaban J connectivity index is 2.60. The smallest absolute Gasteiger partial charge is 0.441 e. The Morgan fingerprint density at radius 2 is 1.69 bits per heavy atom. The largest absolute Gasteiger partial charge is 0.463 e. The zero-order chi connectivity index (χ0) is 21.9. The summed E-state index contributed by atoms with van der Waals surface area (Å²) in [6, 6.07) is 5.38. The number of para-hydroxylation sites is 1. The monoisotopic (exact) mass is 424 g/mol. The van der Waals surface area contributed by atoms with Crippen LogP contribution < -0.4 is 10.6 Å². The van der Waals surface area contributed by atoms with Crippen LogP contribution in [0.3, 0.4) is 0 Å². The second kappa shape index (κ2) is 8.05. The number of anilines is 1. The van der Waals surface area contributed by atoms with Crippen molar-refractivity contribution in [2.75, 3.05) is 11.9 Å². The van der Waals surface area contributed by atoms with Crippen LogP contribution in [-0.2, 0) is 15.7 Å². The Kier molecular flexibility index (Phi) is 6.14. The van der Waals surface area contributed by atoms with Crippen molar-refractivity contribution in [3.05, 3.63) is 54.0 Å². The highest BCUT2D eigenvalue weighted by Crippen LogP contribution is 2.39. The van der Waals surface area contributed by atoms with E-state index >= 15 is 0 Å². The molecule has 0 fully saturated rings. The van der Waals surface area contributed by atoms with E-state index in [-0.39, 0.29) is 0 Å². The zero-order valence-corrected chi connectivity index (χ0v) is 14.6. The molecule has 0 bridgehead atoms. The van der Waals surface area contributed by atoms with Crippen molar-refractivity contribution in [1.29, 1.82) is 0 Å². The highest BCUT2D eigenvalue weighted by Gasteiger charge is 2.64. The van der Waals surface area contributed by atoms with E-state index in [0.717, 1.165) is 24.5 Å². The number of hydrogen-bond acceptors (Lipinski definition) is 5. The number of carbonyl (C=O) groups is 2. The average molecular weight is 424 g/mol. The molecule has 158 valence electrons. The lowest BCUT2D eigenvalue weighted by molar-refractivity contribution is -0.204. The molecule has 1 amide bonds. The van der Waals surface area contributed by atoms with Crippen molar-refractivity contribution in [2.45, 2.75) is 24.9 Å². The maximum absolute atomic E-state index is 14.0. The van der Waals surface area contributed by atoms with Gasteiger partial charge in [-0.3, -0.25) is 4.79 Å². The first kappa shape index (κ1) is 22.1. The summed E-state index contributed by atoms with van der Waals surface area (Å²) in [6.45, 7) is 0.660. The Bertz CT molecular complexity index is 864. The van der Waals surface area contributed by atoms with Crippen molar-refractivity contribution in [3.8, 4) is 0 Å². The Hall–Kier alpha value is -3.18. The molecule has 0 saturated heterocycles. The quantitative estimate of drug-likeness (QED) is 0.417. The average Bonchev–Trinajstić information content (AvgIpc) is 3.14. The number of alkyl halides is 6. The predicted molar refractivity (Wildman–Crippen MR) is 86.7 cm³/mol. The standard InChI is InChI=1S/C17H14F6N2O4/c1-2-28-14(27)15(17(21,22)23,25-13(26)12-8-5-9-29-12)24-11-7-4-3-6-10(11)16(18,19)20/h3-9,24H,2H2,1H3,(H,25,26). The highest BCUT2D eigenvalue weighted by molar-refractivity contribution is 5.97. The molecule has 0 aliphatic carbocycles. The molecule has 1 atom stereocenters. The fourth-order valence-electron chi connectivity index (χ4n) is 2.31. The Morgan fingerprint density at radius 3 is 2.21 bits per heavy atom. The van der Waals surface area contributed by atoms with E-state index in [1.807, 2.05) is 0 Å². The van der Waals surface area contributed by atoms with Crippen LogP contribution >= 0.6 is 0 Å². The summed E-state index contributed by atoms with van der Waals surface area (Å²) < 4.78 is 90.7. The molecule has 12 heteroatoms. The van der Waals surface area contributed by atoms with Crippen molar-refractivity contribution in [3.63, 3.8) is 0 Å². The van der Waals surface area contributed by atoms with Gasteiger partial charge in [0.2, 0.25) is 0 Å². The summed E-state index contributed by atoms with van der Waals surface area (Å²) in [5.74, 6) is -4.16. The van der Waals surface area contributed by atoms with E-state index in [0.29, 0.717) is 12.1 Å². The molecule has 2 N–H and O–H groups in total. The van der Waals surface area contributed by atoms with Crippen LogP contribution in [0, 0.1) is 0 Å². The molecule has 0 saturated carbocycles. The topological polar surface area (TPSA) is 80.6 Å². The van der Waals surface area contributed by atoms with Gasteiger partial charge in [0.15, 0.2) is 5.76 Å². The number of nitrogens with one attached hydrogen (secondary N) is 2. The van der Waals surface area contributed by atoms with E-state index < -0.39 is 53.5 Å². The maximum Gasteiger partial charge on any atom is 0.441 e. The third-order valence-electron chi connectivity index (χ3n) is 3.61. The summed E-state index contributed by atoms with van der Waals surface area (Å²) in [6.07, 6.45) is -9.65. The molecule has 0 aliphatic rings. The van der Waals surface area contributed by atoms with Gasteiger partial charge in [-0.15, -0.1) is 0 Å². The lowest BCUT2D eigenvalue weighted by Gasteiger charge is -2.35. The van der Waals surface area contributed by atoms with Gasteiger partial charge in [-0.2, -0.15) is 26.3 Å². The number of benzene rings is 1. The molecule has 2 aromatic rings. The van der Waals surface area contributed by atoms with Crippen LogP contribution in [0.15, 0.2) is 47.1 Å². The van der Waals surface area contributed by atoms with Gasteiger partial charge in [-0.25, -0.2) is 4.79 Å². The fraction of sp³-hybridized carbons (Fsp3) is 0.294. The number of hydrogen-bond donors (Lipinski definition) is 2. The van der Waals surface area contributed by atoms with Crippen molar-refractivity contribution >= 4 is 17.6 Å². The van der Waals surface area contributed by atoms with Gasteiger partial charge in [0.25, 0.3) is 5.91 Å². The summed E-state index contributed by atoms with van der Waals surface area (Å²) >= 11 is 0. The fourth-order valence-corrected chi connectivity index (χ4v) is 2.31. The van der Waals surface area contributed by atoms with Crippen molar-refractivity contribution in [2.24, 2.45) is 0 Å². The number of carbonyl (C=O) groups excluding carboxylic acids is 2. The zero-order valence-electron chi connectivity index (χ0n) is 14.6. The number of amides is 1. The molecular formula is C17H14F6N2O4. The molecular weight excluding hydrogens is 410 g/mol. The number of rotatable bonds is 6. The summed E-state index contributed by atoms with van der Waals surface area (Å²) in [4.78, 5) is 24.4. The van der Waals surface area contributed by atoms with Crippen LogP contribution in [0.1, 0.15) is 23.0 Å². The van der Waals surface area contributed by atoms with Crippen LogP contribution in [0.25, 0.3) is 0 Å². The summed E-state index contributed by atoms with van der Waals surface area (Å²) in [5.41, 5.74) is -6.59. The third-order valence-corrected chi connectivity index (χ3v) is 3.61. The molecule has 0 aliphatic heterocycles.